The number of nitrogens with zero attached hydrogens (tertiary/aromatic N) is 1. The Morgan fingerprint density at radius 3 is 1.75 bits per heavy atom. The Morgan fingerprint density at radius 2 is 1.25 bits per heavy atom. The molecule has 0 aromatic rings. The lowest BCUT2D eigenvalue weighted by atomic mass is 10.1. The van der Waals surface area contributed by atoms with Crippen molar-refractivity contribution < 1.29 is 18.5 Å². The molecule has 168 valence electrons. The van der Waals surface area contributed by atoms with Crippen LogP contribution in [0.4, 0.5) is 0 Å². The zero-order chi connectivity index (χ0) is 21.1. The Hall–Kier alpha value is -0.150. The summed E-state index contributed by atoms with van der Waals surface area (Å²) >= 11 is 0. The van der Waals surface area contributed by atoms with Gasteiger partial charge in [0.15, 0.2) is 0 Å². The Labute approximate surface area is 175 Å². The van der Waals surface area contributed by atoms with Crippen molar-refractivity contribution in [1.82, 2.24) is 0 Å². The number of quaternary nitrogens is 1. The molecule has 1 unspecified atom stereocenters. The highest BCUT2D eigenvalue weighted by molar-refractivity contribution is 7.52. The summed E-state index contributed by atoms with van der Waals surface area (Å²) in [6, 6.07) is 0. The van der Waals surface area contributed by atoms with Crippen LogP contribution in [0.1, 0.15) is 96.8 Å². The molecule has 0 aromatic heterocycles. The molecule has 0 heterocycles. The van der Waals surface area contributed by atoms with Gasteiger partial charge in [0, 0.05) is 6.16 Å². The van der Waals surface area contributed by atoms with E-state index in [-0.39, 0.29) is 0 Å². The van der Waals surface area contributed by atoms with E-state index in [1.807, 2.05) is 0 Å². The minimum Gasteiger partial charge on any atom is -0.329 e. The van der Waals surface area contributed by atoms with Gasteiger partial charge >= 0.3 is 7.60 Å². The normalized spacial score (nSPS) is 14.6. The predicted molar refractivity (Wildman–Crippen MR) is 123 cm³/mol. The molecular formula is C23H49NO3P+. The molecule has 1 N–H and O–H groups in total. The Balaban J connectivity index is 3.38. The van der Waals surface area contributed by atoms with E-state index in [9.17, 15) is 9.46 Å². The molecule has 0 rings (SSSR count). The van der Waals surface area contributed by atoms with Gasteiger partial charge < -0.3 is 13.9 Å². The number of hydrogen-bond donors (Lipinski definition) is 1. The van der Waals surface area contributed by atoms with Crippen molar-refractivity contribution >= 4 is 7.60 Å². The van der Waals surface area contributed by atoms with E-state index in [1.54, 1.807) is 0 Å². The zero-order valence-electron chi connectivity index (χ0n) is 19.3. The minimum absolute atomic E-state index is 0.297. The van der Waals surface area contributed by atoms with Crippen LogP contribution in [0.25, 0.3) is 0 Å². The molecule has 0 aliphatic rings. The monoisotopic (exact) mass is 418 g/mol. The lowest BCUT2D eigenvalue weighted by Crippen LogP contribution is -2.37. The third-order valence-corrected chi connectivity index (χ3v) is 6.48. The molecule has 0 bridgehead atoms. The average molecular weight is 419 g/mol. The number of unbranched alkanes of at least 4 members (excludes halogenated alkanes) is 12. The minimum atomic E-state index is -3.39. The Kier molecular flexibility index (Phi) is 17.6. The number of allylic oxidation sites excluding steroid dienone is 2. The third kappa shape index (κ3) is 22.1. The summed E-state index contributed by atoms with van der Waals surface area (Å²) < 4.78 is 17.9. The lowest BCUT2D eigenvalue weighted by Gasteiger charge is -2.24. The van der Waals surface area contributed by atoms with E-state index in [0.29, 0.717) is 12.8 Å². The molecule has 0 aliphatic heterocycles. The van der Waals surface area contributed by atoms with Crippen molar-refractivity contribution in [3.63, 3.8) is 0 Å². The fourth-order valence-corrected chi connectivity index (χ4v) is 4.20. The van der Waals surface area contributed by atoms with E-state index < -0.39 is 7.60 Å². The standard InChI is InChI=1S/C23H48NO3P/c1-5-6-7-8-9-10-11-12-13-14-15-16-17-18-19-20-23-28(25,26)27-22-21-24(2,3)4/h12-13H,5-11,14-23H2,1-4H3/p+1/b13-12-. The van der Waals surface area contributed by atoms with Crippen molar-refractivity contribution in [2.24, 2.45) is 0 Å². The molecule has 28 heavy (non-hydrogen) atoms. The summed E-state index contributed by atoms with van der Waals surface area (Å²) in [5.41, 5.74) is 0. The van der Waals surface area contributed by atoms with E-state index in [0.717, 1.165) is 30.3 Å². The van der Waals surface area contributed by atoms with Crippen molar-refractivity contribution in [3.05, 3.63) is 12.2 Å². The van der Waals surface area contributed by atoms with Gasteiger partial charge in [0.1, 0.15) is 13.2 Å². The van der Waals surface area contributed by atoms with Gasteiger partial charge in [-0.15, -0.1) is 0 Å². The SMILES string of the molecule is CCCCCCCC/C=C\CCCCCCCCP(=O)(O)OCC[N+](C)(C)C. The Bertz CT molecular complexity index is 419. The van der Waals surface area contributed by atoms with Gasteiger partial charge in [-0.25, -0.2) is 0 Å². The van der Waals surface area contributed by atoms with Gasteiger partial charge in [-0.05, 0) is 32.1 Å². The molecule has 0 aliphatic carbocycles. The molecule has 0 fully saturated rings. The molecular weight excluding hydrogens is 369 g/mol. The fourth-order valence-electron chi connectivity index (χ4n) is 3.08. The molecule has 0 amide bonds. The number of rotatable bonds is 20. The van der Waals surface area contributed by atoms with E-state index >= 15 is 0 Å². The third-order valence-electron chi connectivity index (χ3n) is 5.01. The highest BCUT2D eigenvalue weighted by Crippen LogP contribution is 2.42. The van der Waals surface area contributed by atoms with Crippen LogP contribution in [-0.2, 0) is 9.09 Å². The van der Waals surface area contributed by atoms with Crippen LogP contribution in [0, 0.1) is 0 Å². The molecule has 0 spiro atoms. The van der Waals surface area contributed by atoms with Gasteiger partial charge in [0.2, 0.25) is 0 Å². The average Bonchev–Trinajstić information content (AvgIpc) is 2.60. The van der Waals surface area contributed by atoms with E-state index in [2.05, 4.69) is 40.2 Å². The lowest BCUT2D eigenvalue weighted by molar-refractivity contribution is -0.870. The van der Waals surface area contributed by atoms with Crippen LogP contribution in [0.3, 0.4) is 0 Å². The van der Waals surface area contributed by atoms with Crippen molar-refractivity contribution in [2.75, 3.05) is 40.5 Å². The van der Waals surface area contributed by atoms with Crippen LogP contribution in [-0.4, -0.2) is 49.8 Å². The van der Waals surface area contributed by atoms with Crippen LogP contribution in [0.2, 0.25) is 0 Å². The van der Waals surface area contributed by atoms with Gasteiger partial charge in [0.25, 0.3) is 0 Å². The van der Waals surface area contributed by atoms with E-state index in [4.69, 9.17) is 4.52 Å². The highest BCUT2D eigenvalue weighted by atomic mass is 31.2. The van der Waals surface area contributed by atoms with Crippen molar-refractivity contribution in [2.45, 2.75) is 96.8 Å². The summed E-state index contributed by atoms with van der Waals surface area (Å²) in [7, 11) is 2.77. The van der Waals surface area contributed by atoms with Gasteiger partial charge in [0.05, 0.1) is 21.1 Å². The second kappa shape index (κ2) is 17.7. The van der Waals surface area contributed by atoms with Gasteiger partial charge in [-0.1, -0.05) is 76.9 Å². The molecule has 1 atom stereocenters. The second-order valence-corrected chi connectivity index (χ2v) is 11.1. The van der Waals surface area contributed by atoms with Crippen molar-refractivity contribution in [3.8, 4) is 0 Å². The molecule has 5 heteroatoms. The van der Waals surface area contributed by atoms with Crippen LogP contribution < -0.4 is 0 Å². The fraction of sp³-hybridized carbons (Fsp3) is 0.913. The topological polar surface area (TPSA) is 46.5 Å². The summed E-state index contributed by atoms with van der Waals surface area (Å²) in [5, 5.41) is 0. The summed E-state index contributed by atoms with van der Waals surface area (Å²) in [5.74, 6) is 0. The molecule has 4 nitrogen and oxygen atoms in total. The van der Waals surface area contributed by atoms with Gasteiger partial charge in [-0.3, -0.25) is 4.57 Å². The van der Waals surface area contributed by atoms with Crippen molar-refractivity contribution in [1.29, 1.82) is 0 Å². The first-order chi connectivity index (χ1) is 13.3. The van der Waals surface area contributed by atoms with Crippen LogP contribution >= 0.6 is 7.60 Å². The predicted octanol–water partition coefficient (Wildman–Crippen LogP) is 6.93. The highest BCUT2D eigenvalue weighted by Gasteiger charge is 2.20. The molecule has 0 radical (unpaired) electrons. The summed E-state index contributed by atoms with van der Waals surface area (Å²) in [6.07, 6.45) is 22.4. The number of likely N-dealkylation sites (N-methyl/N-ethyl adjacent to an activating group) is 1. The zero-order valence-corrected chi connectivity index (χ0v) is 20.2. The smallest absolute Gasteiger partial charge is 0.328 e. The van der Waals surface area contributed by atoms with E-state index in [1.165, 1.54) is 70.6 Å². The maximum absolute atomic E-state index is 12.0. The summed E-state index contributed by atoms with van der Waals surface area (Å²) in [6.45, 7) is 3.36. The molecule has 0 saturated heterocycles. The first kappa shape index (κ1) is 27.8. The maximum atomic E-state index is 12.0. The maximum Gasteiger partial charge on any atom is 0.328 e. The first-order valence-corrected chi connectivity index (χ1v) is 13.4. The molecule has 0 saturated carbocycles. The summed E-state index contributed by atoms with van der Waals surface area (Å²) in [4.78, 5) is 9.85. The quantitative estimate of drug-likeness (QED) is 0.101. The first-order valence-electron chi connectivity index (χ1n) is 11.7. The van der Waals surface area contributed by atoms with Crippen LogP contribution in [0.15, 0.2) is 12.2 Å². The van der Waals surface area contributed by atoms with Gasteiger partial charge in [-0.2, -0.15) is 0 Å². The van der Waals surface area contributed by atoms with Crippen LogP contribution in [0.5, 0.6) is 0 Å². The largest absolute Gasteiger partial charge is 0.329 e. The second-order valence-electron chi connectivity index (χ2n) is 9.15. The molecule has 0 aromatic carbocycles. The number of hydrogen-bond acceptors (Lipinski definition) is 2. The Morgan fingerprint density at radius 1 is 0.786 bits per heavy atom.